The number of aryl methyl sites for hydroxylation is 4. The maximum Gasteiger partial charge on any atom is 0.188 e. The molecule has 2 aromatic heterocycles. The number of ether oxygens (including phenoxy) is 2. The van der Waals surface area contributed by atoms with E-state index in [4.69, 9.17) is 48.4 Å². The number of imidazole rings is 2. The monoisotopic (exact) mass is 1260 g/mol. The number of thioether (sulfide) groups is 2. The first-order chi connectivity index (χ1) is 40.5. The first-order valence-corrected chi connectivity index (χ1v) is 30.5. The summed E-state index contributed by atoms with van der Waals surface area (Å²) < 4.78 is 103. The van der Waals surface area contributed by atoms with E-state index in [2.05, 4.69) is 15.2 Å². The highest BCUT2D eigenvalue weighted by Gasteiger charge is 2.33. The molecule has 0 fully saturated rings. The Kier molecular flexibility index (Phi) is 22.8. The molecule has 21 heteroatoms. The molecule has 0 saturated heterocycles. The fourth-order valence-corrected chi connectivity index (χ4v) is 13.4. The molecule has 2 aliphatic rings. The van der Waals surface area contributed by atoms with Crippen LogP contribution in [0.1, 0.15) is 107 Å². The summed E-state index contributed by atoms with van der Waals surface area (Å²) in [5, 5.41) is 5.20. The van der Waals surface area contributed by atoms with E-state index in [1.807, 2.05) is 59.6 Å². The van der Waals surface area contributed by atoms with Crippen molar-refractivity contribution in [1.29, 1.82) is 0 Å². The van der Waals surface area contributed by atoms with Gasteiger partial charge in [-0.2, -0.15) is 0 Å². The highest BCUT2D eigenvalue weighted by Crippen LogP contribution is 2.45. The van der Waals surface area contributed by atoms with Gasteiger partial charge in [-0.15, -0.1) is 12.4 Å². The molecule has 2 heterocycles. The minimum absolute atomic E-state index is 0. The Bertz CT molecular complexity index is 3580. The quantitative estimate of drug-likeness (QED) is 0.0254. The minimum Gasteiger partial charge on any atom is -0.495 e. The number of aromatic nitrogens is 4. The van der Waals surface area contributed by atoms with Gasteiger partial charge in [0.2, 0.25) is 0 Å². The van der Waals surface area contributed by atoms with Crippen LogP contribution in [-0.4, -0.2) is 78.4 Å². The van der Waals surface area contributed by atoms with Crippen LogP contribution < -0.4 is 20.5 Å². The molecule has 0 spiro atoms. The van der Waals surface area contributed by atoms with Gasteiger partial charge in [0.15, 0.2) is 16.3 Å². The number of aliphatic imine (C=N–C) groups is 1. The lowest BCUT2D eigenvalue weighted by Crippen LogP contribution is -2.32. The van der Waals surface area contributed by atoms with Gasteiger partial charge in [0.25, 0.3) is 0 Å². The zero-order chi connectivity index (χ0) is 59.6. The van der Waals surface area contributed by atoms with Gasteiger partial charge in [0.05, 0.1) is 47.0 Å². The van der Waals surface area contributed by atoms with Gasteiger partial charge >= 0.3 is 0 Å². The summed E-state index contributed by atoms with van der Waals surface area (Å²) in [4.78, 5) is 15.8. The number of guanidine groups is 1. The van der Waals surface area contributed by atoms with Crippen LogP contribution >= 0.6 is 59.1 Å². The molecule has 0 saturated carbocycles. The molecule has 0 bridgehead atoms. The number of hydrogen-bond acceptors (Lipinski definition) is 8. The van der Waals surface area contributed by atoms with Gasteiger partial charge < -0.3 is 25.4 Å². The average Bonchev–Trinajstić information content (AvgIpc) is 1.99. The minimum atomic E-state index is -0.596. The molecule has 3 N–H and O–H groups in total. The molecule has 6 aromatic carbocycles. The van der Waals surface area contributed by atoms with E-state index < -0.39 is 23.3 Å². The van der Waals surface area contributed by atoms with Gasteiger partial charge in [-0.05, 0) is 204 Å². The molecule has 10 rings (SSSR count). The second-order valence-corrected chi connectivity index (χ2v) is 23.7. The van der Waals surface area contributed by atoms with Crippen LogP contribution in [0, 0.1) is 34.9 Å². The van der Waals surface area contributed by atoms with Crippen molar-refractivity contribution in [3.63, 3.8) is 0 Å². The van der Waals surface area contributed by atoms with E-state index in [1.165, 1.54) is 72.1 Å². The molecular formula is C64H67Cl3F6N8O2S2. The predicted molar refractivity (Wildman–Crippen MR) is 332 cm³/mol. The molecule has 2 unspecified atom stereocenters. The highest BCUT2D eigenvalue weighted by molar-refractivity contribution is 7.98. The first-order valence-electron chi connectivity index (χ1n) is 27.8. The van der Waals surface area contributed by atoms with Crippen molar-refractivity contribution in [1.82, 2.24) is 29.3 Å². The smallest absolute Gasteiger partial charge is 0.188 e. The largest absolute Gasteiger partial charge is 0.495 e. The van der Waals surface area contributed by atoms with E-state index in [9.17, 15) is 8.78 Å². The number of hydrogen-bond donors (Lipinski definition) is 2. The van der Waals surface area contributed by atoms with Crippen molar-refractivity contribution in [3.8, 4) is 22.9 Å². The molecule has 8 aromatic rings. The lowest BCUT2D eigenvalue weighted by Gasteiger charge is -2.26. The maximum absolute atomic E-state index is 15.2. The van der Waals surface area contributed by atoms with Crippen molar-refractivity contribution in [2.75, 3.05) is 48.5 Å². The third-order valence-electron chi connectivity index (χ3n) is 15.1. The molecule has 2 aliphatic carbocycles. The van der Waals surface area contributed by atoms with Crippen molar-refractivity contribution in [3.05, 3.63) is 210 Å². The molecule has 450 valence electrons. The number of nitrogens with two attached hydrogens (primary N) is 1. The van der Waals surface area contributed by atoms with Gasteiger partial charge in [0.1, 0.15) is 46.4 Å². The zero-order valence-electron chi connectivity index (χ0n) is 47.8. The molecule has 10 nitrogen and oxygen atoms in total. The van der Waals surface area contributed by atoms with Crippen LogP contribution in [0.2, 0.25) is 10.0 Å². The van der Waals surface area contributed by atoms with Crippen LogP contribution in [-0.2, 0) is 37.2 Å². The van der Waals surface area contributed by atoms with Crippen LogP contribution in [0.25, 0.3) is 11.4 Å². The lowest BCUT2D eigenvalue weighted by molar-refractivity contribution is 0.400. The van der Waals surface area contributed by atoms with Gasteiger partial charge in [0, 0.05) is 59.4 Å². The van der Waals surface area contributed by atoms with Gasteiger partial charge in [-0.25, -0.2) is 36.3 Å². The Hall–Kier alpha value is -6.28. The second kappa shape index (κ2) is 29.9. The van der Waals surface area contributed by atoms with Crippen molar-refractivity contribution < 1.29 is 35.8 Å². The number of nitrogens with zero attached hydrogens (tertiary/aromatic N) is 6. The zero-order valence-corrected chi connectivity index (χ0v) is 51.7. The second-order valence-electron chi connectivity index (χ2n) is 21.0. The summed E-state index contributed by atoms with van der Waals surface area (Å²) in [6, 6.07) is 29.6. The number of methoxy groups -OCH3 is 2. The summed E-state index contributed by atoms with van der Waals surface area (Å²) in [6.07, 6.45) is 7.72. The standard InChI is InChI=1S/C32H33ClF3N5OS.C32H33ClF3N3OS.ClH/c1-38-31(37)39-14-4-5-19-15-26(35)24(27(36)16-19)18-43-32-40-28-7-3-6-23(20-8-13-25(33)29(17-20)42-2)30(28)41(32)22-11-9-21(34)10-12-22;1-38(2)15-5-6-20-16-27(35)25(28(36)17-20)19-41-32-37-29-8-4-7-24(21-9-14-26(33)30(18-21)40-3)31(29)39(32)23-12-10-22(34)11-13-23;/h8-13,15-17,23H,3-7,14,18H2,1-2H3,(H3,37,38,39);9-14,16-18,24H,4-8,15,19H2,1-3H3;1H. The fraction of sp³-hybridized carbons (Fsp3) is 0.328. The summed E-state index contributed by atoms with van der Waals surface area (Å²) in [6.45, 7) is 1.39. The topological polar surface area (TPSA) is 108 Å². The number of fused-ring (bicyclic) bond motifs is 2. The summed E-state index contributed by atoms with van der Waals surface area (Å²) in [5.41, 5.74) is 14.2. The SMILES string of the molecule is CN=C(N)NCCCc1cc(F)c(CSc2nc3c(n2-c2ccc(F)cc2)C(c2ccc(Cl)c(OC)c2)CCC3)c(F)c1.COc1cc(C2CCCc3nc(SCc4c(F)cc(CCCN(C)C)cc4F)n(-c4ccc(F)cc4)c32)ccc1Cl.Cl. The Morgan fingerprint density at radius 1 is 0.635 bits per heavy atom. The Labute approximate surface area is 517 Å². The first kappa shape index (κ1) is 64.7. The number of benzene rings is 6. The Morgan fingerprint density at radius 2 is 1.05 bits per heavy atom. The summed E-state index contributed by atoms with van der Waals surface area (Å²) in [7, 11) is 8.70. The average molecular weight is 1260 g/mol. The van der Waals surface area contributed by atoms with Crippen LogP contribution in [0.5, 0.6) is 11.5 Å². The number of rotatable bonds is 20. The number of halogens is 9. The molecule has 0 amide bonds. The van der Waals surface area contributed by atoms with E-state index in [1.54, 1.807) is 45.5 Å². The molecule has 0 radical (unpaired) electrons. The fourth-order valence-electron chi connectivity index (χ4n) is 10.9. The highest BCUT2D eigenvalue weighted by atomic mass is 35.5. The predicted octanol–water partition coefficient (Wildman–Crippen LogP) is 15.8. The Morgan fingerprint density at radius 3 is 1.44 bits per heavy atom. The maximum atomic E-state index is 15.2. The molecular weight excluding hydrogens is 1200 g/mol. The Balaban J connectivity index is 0.000000219. The van der Waals surface area contributed by atoms with E-state index in [-0.39, 0.29) is 58.5 Å². The van der Waals surface area contributed by atoms with Crippen molar-refractivity contribution >= 4 is 65.1 Å². The summed E-state index contributed by atoms with van der Waals surface area (Å²) >= 11 is 15.2. The summed E-state index contributed by atoms with van der Waals surface area (Å²) in [5.74, 6) is -1.40. The van der Waals surface area contributed by atoms with Gasteiger partial charge in [-0.3, -0.25) is 14.1 Å². The molecule has 2 atom stereocenters. The van der Waals surface area contributed by atoms with E-state index in [0.29, 0.717) is 74.8 Å². The van der Waals surface area contributed by atoms with Crippen LogP contribution in [0.3, 0.4) is 0 Å². The molecule has 0 aliphatic heterocycles. The van der Waals surface area contributed by atoms with Crippen molar-refractivity contribution in [2.24, 2.45) is 10.7 Å². The van der Waals surface area contributed by atoms with Gasteiger partial charge in [-0.1, -0.05) is 58.9 Å². The third kappa shape index (κ3) is 15.7. The van der Waals surface area contributed by atoms with E-state index in [0.717, 1.165) is 96.8 Å². The van der Waals surface area contributed by atoms with Crippen LogP contribution in [0.4, 0.5) is 26.3 Å². The lowest BCUT2D eigenvalue weighted by atomic mass is 9.84. The normalized spacial score (nSPS) is 14.7. The van der Waals surface area contributed by atoms with Crippen molar-refractivity contribution in [2.45, 2.75) is 97.9 Å². The van der Waals surface area contributed by atoms with E-state index >= 15 is 17.6 Å². The number of nitrogens with one attached hydrogen (secondary N) is 1. The molecule has 85 heavy (non-hydrogen) atoms. The van der Waals surface area contributed by atoms with Crippen LogP contribution in [0.15, 0.2) is 124 Å². The third-order valence-corrected chi connectivity index (χ3v) is 17.6.